The average molecular weight is 337 g/mol. The quantitative estimate of drug-likeness (QED) is 0.710. The molecule has 1 amide bonds. The highest BCUT2D eigenvalue weighted by atomic mass is 16.5. The molecule has 1 N–H and O–H groups in total. The molecule has 0 aliphatic heterocycles. The van der Waals surface area contributed by atoms with Crippen LogP contribution in [0.5, 0.6) is 11.5 Å². The van der Waals surface area contributed by atoms with Gasteiger partial charge in [0.2, 0.25) is 0 Å². The van der Waals surface area contributed by atoms with E-state index in [0.29, 0.717) is 36.8 Å². The second kappa shape index (κ2) is 9.80. The van der Waals surface area contributed by atoms with Crippen LogP contribution in [0.4, 0.5) is 0 Å². The van der Waals surface area contributed by atoms with Crippen molar-refractivity contribution in [3.05, 3.63) is 23.8 Å². The molecule has 0 saturated heterocycles. The molecule has 24 heavy (non-hydrogen) atoms. The summed E-state index contributed by atoms with van der Waals surface area (Å²) in [5, 5.41) is 9.03. The van der Waals surface area contributed by atoms with E-state index < -0.39 is 5.97 Å². The SMILES string of the molecule is CCCOc1ccc(C(=O)N(CC(=O)O)CC(C)C)cc1OCC. The van der Waals surface area contributed by atoms with Gasteiger partial charge in [-0.25, -0.2) is 0 Å². The largest absolute Gasteiger partial charge is 0.490 e. The summed E-state index contributed by atoms with van der Waals surface area (Å²) in [6.07, 6.45) is 0.868. The first kappa shape index (κ1) is 19.8. The fourth-order valence-corrected chi connectivity index (χ4v) is 2.25. The Kier molecular flexibility index (Phi) is 8.09. The molecule has 0 fully saturated rings. The normalized spacial score (nSPS) is 10.5. The first-order chi connectivity index (χ1) is 11.4. The number of aliphatic carboxylic acids is 1. The molecule has 134 valence electrons. The van der Waals surface area contributed by atoms with Crippen molar-refractivity contribution in [2.45, 2.75) is 34.1 Å². The molecule has 6 nitrogen and oxygen atoms in total. The lowest BCUT2D eigenvalue weighted by Gasteiger charge is -2.23. The number of hydrogen-bond acceptors (Lipinski definition) is 4. The Morgan fingerprint density at radius 2 is 1.88 bits per heavy atom. The summed E-state index contributed by atoms with van der Waals surface area (Å²) in [7, 11) is 0. The van der Waals surface area contributed by atoms with E-state index in [1.165, 1.54) is 4.90 Å². The molecule has 6 heteroatoms. The molecule has 1 aromatic rings. The van der Waals surface area contributed by atoms with Gasteiger partial charge < -0.3 is 19.5 Å². The van der Waals surface area contributed by atoms with Gasteiger partial charge in [-0.3, -0.25) is 9.59 Å². The van der Waals surface area contributed by atoms with Gasteiger partial charge in [0.1, 0.15) is 6.54 Å². The number of nitrogens with zero attached hydrogens (tertiary/aromatic N) is 1. The third-order valence-corrected chi connectivity index (χ3v) is 3.15. The van der Waals surface area contributed by atoms with Crippen LogP contribution >= 0.6 is 0 Å². The topological polar surface area (TPSA) is 76.1 Å². The molecule has 0 saturated carbocycles. The van der Waals surface area contributed by atoms with Gasteiger partial charge in [-0.1, -0.05) is 20.8 Å². The second-order valence-corrected chi connectivity index (χ2v) is 5.92. The monoisotopic (exact) mass is 337 g/mol. The Morgan fingerprint density at radius 3 is 2.42 bits per heavy atom. The zero-order valence-electron chi connectivity index (χ0n) is 14.9. The number of carboxylic acid groups (broad SMARTS) is 1. The van der Waals surface area contributed by atoms with E-state index in [2.05, 4.69) is 0 Å². The highest BCUT2D eigenvalue weighted by molar-refractivity contribution is 5.96. The Morgan fingerprint density at radius 1 is 1.17 bits per heavy atom. The lowest BCUT2D eigenvalue weighted by Crippen LogP contribution is -2.38. The van der Waals surface area contributed by atoms with Crippen molar-refractivity contribution >= 4 is 11.9 Å². The smallest absolute Gasteiger partial charge is 0.323 e. The zero-order chi connectivity index (χ0) is 18.1. The number of carbonyl (C=O) groups is 2. The summed E-state index contributed by atoms with van der Waals surface area (Å²) in [4.78, 5) is 25.0. The Balaban J connectivity index is 3.06. The van der Waals surface area contributed by atoms with Crippen molar-refractivity contribution < 1.29 is 24.2 Å². The Labute approximate surface area is 143 Å². The first-order valence-electron chi connectivity index (χ1n) is 8.29. The van der Waals surface area contributed by atoms with Crippen molar-refractivity contribution in [2.24, 2.45) is 5.92 Å². The molecule has 0 atom stereocenters. The van der Waals surface area contributed by atoms with Gasteiger partial charge in [-0.2, -0.15) is 0 Å². The van der Waals surface area contributed by atoms with Crippen molar-refractivity contribution in [3.63, 3.8) is 0 Å². The maximum atomic E-state index is 12.7. The van der Waals surface area contributed by atoms with E-state index >= 15 is 0 Å². The maximum Gasteiger partial charge on any atom is 0.323 e. The maximum absolute atomic E-state index is 12.7. The summed E-state index contributed by atoms with van der Waals surface area (Å²) >= 11 is 0. The van der Waals surface area contributed by atoms with Crippen LogP contribution < -0.4 is 9.47 Å². The molecular weight excluding hydrogens is 310 g/mol. The third-order valence-electron chi connectivity index (χ3n) is 3.15. The van der Waals surface area contributed by atoms with Crippen molar-refractivity contribution in [3.8, 4) is 11.5 Å². The lowest BCUT2D eigenvalue weighted by molar-refractivity contribution is -0.137. The van der Waals surface area contributed by atoms with Crippen LogP contribution in [-0.4, -0.2) is 48.2 Å². The van der Waals surface area contributed by atoms with Crippen molar-refractivity contribution in [1.29, 1.82) is 0 Å². The average Bonchev–Trinajstić information content (AvgIpc) is 2.51. The molecule has 0 aromatic heterocycles. The fraction of sp³-hybridized carbons (Fsp3) is 0.556. The van der Waals surface area contributed by atoms with Crippen LogP contribution in [0.25, 0.3) is 0 Å². The van der Waals surface area contributed by atoms with E-state index in [9.17, 15) is 9.59 Å². The van der Waals surface area contributed by atoms with Crippen LogP contribution in [0.1, 0.15) is 44.5 Å². The molecule has 1 aromatic carbocycles. The first-order valence-corrected chi connectivity index (χ1v) is 8.29. The van der Waals surface area contributed by atoms with E-state index in [-0.39, 0.29) is 18.4 Å². The number of carbonyl (C=O) groups excluding carboxylic acids is 1. The van der Waals surface area contributed by atoms with Gasteiger partial charge in [-0.05, 0) is 37.5 Å². The van der Waals surface area contributed by atoms with Crippen LogP contribution in [0.2, 0.25) is 0 Å². The van der Waals surface area contributed by atoms with Gasteiger partial charge in [-0.15, -0.1) is 0 Å². The van der Waals surface area contributed by atoms with Gasteiger partial charge in [0.05, 0.1) is 13.2 Å². The van der Waals surface area contributed by atoms with E-state index in [4.69, 9.17) is 14.6 Å². The minimum Gasteiger partial charge on any atom is -0.490 e. The van der Waals surface area contributed by atoms with Crippen molar-refractivity contribution in [2.75, 3.05) is 26.3 Å². The highest BCUT2D eigenvalue weighted by Gasteiger charge is 2.21. The van der Waals surface area contributed by atoms with Gasteiger partial charge in [0.15, 0.2) is 11.5 Å². The summed E-state index contributed by atoms with van der Waals surface area (Å²) in [5.41, 5.74) is 0.393. The minimum absolute atomic E-state index is 0.173. The van der Waals surface area contributed by atoms with Gasteiger partial charge >= 0.3 is 5.97 Å². The molecule has 0 bridgehead atoms. The third kappa shape index (κ3) is 6.10. The second-order valence-electron chi connectivity index (χ2n) is 5.92. The summed E-state index contributed by atoms with van der Waals surface area (Å²) in [5.74, 6) is -0.0987. The van der Waals surface area contributed by atoms with Crippen LogP contribution in [0.3, 0.4) is 0 Å². The molecule has 1 rings (SSSR count). The Bertz CT molecular complexity index is 556. The van der Waals surface area contributed by atoms with E-state index in [0.717, 1.165) is 6.42 Å². The molecule has 0 heterocycles. The molecule has 0 aliphatic rings. The van der Waals surface area contributed by atoms with Gasteiger partial charge in [0, 0.05) is 12.1 Å². The van der Waals surface area contributed by atoms with Crippen molar-refractivity contribution in [1.82, 2.24) is 4.90 Å². The number of hydrogen-bond donors (Lipinski definition) is 1. The Hall–Kier alpha value is -2.24. The molecule has 0 spiro atoms. The van der Waals surface area contributed by atoms with E-state index in [1.807, 2.05) is 27.7 Å². The number of amides is 1. The summed E-state index contributed by atoms with van der Waals surface area (Å²) in [6, 6.07) is 4.96. The fourth-order valence-electron chi connectivity index (χ4n) is 2.25. The number of benzene rings is 1. The summed E-state index contributed by atoms with van der Waals surface area (Å²) < 4.78 is 11.2. The lowest BCUT2D eigenvalue weighted by atomic mass is 10.1. The van der Waals surface area contributed by atoms with Crippen LogP contribution in [0.15, 0.2) is 18.2 Å². The number of carboxylic acids is 1. The van der Waals surface area contributed by atoms with Crippen LogP contribution in [-0.2, 0) is 4.79 Å². The number of rotatable bonds is 10. The minimum atomic E-state index is -1.03. The zero-order valence-corrected chi connectivity index (χ0v) is 14.9. The molecule has 0 aliphatic carbocycles. The van der Waals surface area contributed by atoms with E-state index in [1.54, 1.807) is 18.2 Å². The standard InChI is InChI=1S/C18H27NO5/c1-5-9-24-15-8-7-14(10-16(15)23-6-2)18(22)19(11-13(3)4)12-17(20)21/h7-8,10,13H,5-6,9,11-12H2,1-4H3,(H,20,21). The molecule has 0 radical (unpaired) electrons. The predicted molar refractivity (Wildman–Crippen MR) is 91.8 cm³/mol. The highest BCUT2D eigenvalue weighted by Crippen LogP contribution is 2.29. The predicted octanol–water partition coefficient (Wildman–Crippen LogP) is 3.06. The van der Waals surface area contributed by atoms with Crippen LogP contribution in [0, 0.1) is 5.92 Å². The molecular formula is C18H27NO5. The van der Waals surface area contributed by atoms with Gasteiger partial charge in [0.25, 0.3) is 5.91 Å². The molecule has 0 unspecified atom stereocenters. The summed E-state index contributed by atoms with van der Waals surface area (Å²) in [6.45, 7) is 8.81. The number of ether oxygens (including phenoxy) is 2.